The van der Waals surface area contributed by atoms with Gasteiger partial charge in [0.1, 0.15) is 6.61 Å². The molecule has 2 rings (SSSR count). The Bertz CT molecular complexity index is 664. The Morgan fingerprint density at radius 2 is 2.27 bits per heavy atom. The third-order valence-electron chi connectivity index (χ3n) is 2.75. The molecule has 0 aliphatic rings. The fourth-order valence-electron chi connectivity index (χ4n) is 1.81. The number of rotatable bonds is 6. The zero-order valence-corrected chi connectivity index (χ0v) is 12.3. The van der Waals surface area contributed by atoms with Crippen LogP contribution in [0.2, 0.25) is 0 Å². The van der Waals surface area contributed by atoms with Crippen LogP contribution in [-0.4, -0.2) is 26.7 Å². The molecule has 1 heterocycles. The van der Waals surface area contributed by atoms with Gasteiger partial charge >= 0.3 is 0 Å². The van der Waals surface area contributed by atoms with Crippen LogP contribution < -0.4 is 10.2 Å². The van der Waals surface area contributed by atoms with E-state index in [0.717, 1.165) is 0 Å². The molecule has 0 aliphatic carbocycles. The van der Waals surface area contributed by atoms with Gasteiger partial charge in [0, 0.05) is 35.3 Å². The molecule has 0 radical (unpaired) electrons. The molecular formula is C13H13F2N3O3S. The van der Waals surface area contributed by atoms with Gasteiger partial charge in [0.15, 0.2) is 0 Å². The van der Waals surface area contributed by atoms with Crippen LogP contribution in [0.5, 0.6) is 5.88 Å². The van der Waals surface area contributed by atoms with Gasteiger partial charge in [0.25, 0.3) is 11.7 Å². The van der Waals surface area contributed by atoms with E-state index in [4.69, 9.17) is 9.94 Å². The van der Waals surface area contributed by atoms with Crippen molar-refractivity contribution < 1.29 is 23.5 Å². The summed E-state index contributed by atoms with van der Waals surface area (Å²) >= 11 is 0.307. The molecular weight excluding hydrogens is 316 g/mol. The molecule has 0 fully saturated rings. The summed E-state index contributed by atoms with van der Waals surface area (Å²) in [4.78, 5) is 11.9. The lowest BCUT2D eigenvalue weighted by Crippen LogP contribution is -2.21. The molecule has 0 spiro atoms. The number of halogens is 2. The number of thioether (sulfide) groups is 1. The van der Waals surface area contributed by atoms with Crippen molar-refractivity contribution in [2.24, 2.45) is 7.05 Å². The maximum Gasteiger partial charge on any atom is 0.288 e. The number of hydroxylamine groups is 1. The highest BCUT2D eigenvalue weighted by Gasteiger charge is 2.18. The maximum absolute atomic E-state index is 12.6. The lowest BCUT2D eigenvalue weighted by atomic mass is 10.1. The summed E-state index contributed by atoms with van der Waals surface area (Å²) in [6, 6.07) is 5.94. The first-order valence-corrected chi connectivity index (χ1v) is 7.03. The van der Waals surface area contributed by atoms with Gasteiger partial charge in [-0.25, -0.2) is 5.48 Å². The summed E-state index contributed by atoms with van der Waals surface area (Å²) in [7, 11) is 1.71. The zero-order chi connectivity index (χ0) is 16.1. The van der Waals surface area contributed by atoms with E-state index < -0.39 is 11.7 Å². The summed E-state index contributed by atoms with van der Waals surface area (Å²) in [6.45, 7) is -0.129. The number of aryl methyl sites for hydroxylation is 1. The lowest BCUT2D eigenvalue weighted by molar-refractivity contribution is 0.0703. The van der Waals surface area contributed by atoms with Crippen LogP contribution in [-0.2, 0) is 13.7 Å². The van der Waals surface area contributed by atoms with Crippen LogP contribution >= 0.6 is 11.8 Å². The van der Waals surface area contributed by atoms with Crippen molar-refractivity contribution in [1.82, 2.24) is 15.3 Å². The predicted molar refractivity (Wildman–Crippen MR) is 75.1 cm³/mol. The molecule has 1 aromatic carbocycles. The van der Waals surface area contributed by atoms with Gasteiger partial charge in [0.2, 0.25) is 5.88 Å². The normalized spacial score (nSPS) is 10.8. The van der Waals surface area contributed by atoms with Crippen molar-refractivity contribution in [3.05, 3.63) is 41.6 Å². The van der Waals surface area contributed by atoms with Crippen LogP contribution in [0.4, 0.5) is 8.78 Å². The van der Waals surface area contributed by atoms with Crippen molar-refractivity contribution in [2.45, 2.75) is 17.3 Å². The average molecular weight is 329 g/mol. The zero-order valence-electron chi connectivity index (χ0n) is 11.5. The number of aromatic nitrogens is 2. The van der Waals surface area contributed by atoms with Gasteiger partial charge in [-0.3, -0.25) is 14.7 Å². The number of hydrogen-bond acceptors (Lipinski definition) is 5. The van der Waals surface area contributed by atoms with Crippen LogP contribution in [0.1, 0.15) is 15.9 Å². The average Bonchev–Trinajstić information content (AvgIpc) is 2.90. The Hall–Kier alpha value is -2.13. The first-order chi connectivity index (χ1) is 10.5. The number of benzene rings is 1. The number of carbonyl (C=O) groups excluding carboxylic acids is 1. The van der Waals surface area contributed by atoms with Crippen LogP contribution in [0.3, 0.4) is 0 Å². The second-order valence-corrected chi connectivity index (χ2v) is 5.25. The highest BCUT2D eigenvalue weighted by Crippen LogP contribution is 2.31. The second-order valence-electron chi connectivity index (χ2n) is 4.22. The van der Waals surface area contributed by atoms with Crippen molar-refractivity contribution >= 4 is 17.7 Å². The Labute approximate surface area is 129 Å². The first kappa shape index (κ1) is 16.2. The second kappa shape index (κ2) is 7.23. The molecule has 2 N–H and O–H groups in total. The van der Waals surface area contributed by atoms with Crippen LogP contribution in [0, 0.1) is 0 Å². The minimum atomic E-state index is -2.64. The van der Waals surface area contributed by atoms with E-state index in [-0.39, 0.29) is 22.6 Å². The number of amides is 1. The van der Waals surface area contributed by atoms with E-state index in [1.54, 1.807) is 19.3 Å². The largest absolute Gasteiger partial charge is 0.472 e. The van der Waals surface area contributed by atoms with Crippen molar-refractivity contribution in [3.63, 3.8) is 0 Å². The van der Waals surface area contributed by atoms with Crippen molar-refractivity contribution in [2.75, 3.05) is 0 Å². The molecule has 0 saturated carbocycles. The highest BCUT2D eigenvalue weighted by atomic mass is 32.2. The summed E-state index contributed by atoms with van der Waals surface area (Å²) in [5, 5.41) is 12.8. The third-order valence-corrected chi connectivity index (χ3v) is 3.56. The Morgan fingerprint density at radius 3 is 2.86 bits per heavy atom. The number of nitrogens with zero attached hydrogens (tertiary/aromatic N) is 2. The third kappa shape index (κ3) is 3.95. The van der Waals surface area contributed by atoms with Gasteiger partial charge in [-0.2, -0.15) is 8.78 Å². The molecule has 22 heavy (non-hydrogen) atoms. The van der Waals surface area contributed by atoms with Gasteiger partial charge < -0.3 is 4.74 Å². The van der Waals surface area contributed by atoms with E-state index in [9.17, 15) is 13.6 Å². The molecule has 9 heteroatoms. The number of hydrogen-bond donors (Lipinski definition) is 2. The molecule has 6 nitrogen and oxygen atoms in total. The molecule has 0 atom stereocenters. The first-order valence-electron chi connectivity index (χ1n) is 6.15. The minimum absolute atomic E-state index is 0.0593. The smallest absolute Gasteiger partial charge is 0.288 e. The van der Waals surface area contributed by atoms with E-state index in [1.807, 2.05) is 0 Å². The molecule has 1 amide bonds. The summed E-state index contributed by atoms with van der Waals surface area (Å²) in [5.41, 5.74) is 1.81. The monoisotopic (exact) mass is 329 g/mol. The molecule has 2 aromatic rings. The number of carbonyl (C=O) groups is 1. The van der Waals surface area contributed by atoms with E-state index in [0.29, 0.717) is 17.6 Å². The van der Waals surface area contributed by atoms with Crippen LogP contribution in [0.25, 0.3) is 0 Å². The Balaban J connectivity index is 2.29. The summed E-state index contributed by atoms with van der Waals surface area (Å²) < 4.78 is 32.2. The number of alkyl halides is 2. The lowest BCUT2D eigenvalue weighted by Gasteiger charge is -2.13. The number of ether oxygens (including phenoxy) is 1. The highest BCUT2D eigenvalue weighted by molar-refractivity contribution is 7.99. The topological polar surface area (TPSA) is 76.4 Å². The maximum atomic E-state index is 12.6. The van der Waals surface area contributed by atoms with E-state index in [1.165, 1.54) is 28.4 Å². The standard InChI is InChI=1S/C13H13F2N3O3S/c1-18-6-5-11(16-18)21-7-9-8(12(19)17-20)3-2-4-10(9)22-13(14)15/h2-6,13,20H,7H2,1H3,(H,17,19). The molecule has 0 saturated heterocycles. The quantitative estimate of drug-likeness (QED) is 0.484. The fourth-order valence-corrected chi connectivity index (χ4v) is 2.47. The Morgan fingerprint density at radius 1 is 1.50 bits per heavy atom. The van der Waals surface area contributed by atoms with Gasteiger partial charge in [-0.15, -0.1) is 5.10 Å². The molecule has 0 aliphatic heterocycles. The molecule has 0 unspecified atom stereocenters. The van der Waals surface area contributed by atoms with E-state index in [2.05, 4.69) is 5.10 Å². The van der Waals surface area contributed by atoms with Crippen LogP contribution in [0.15, 0.2) is 35.4 Å². The SMILES string of the molecule is Cn1ccc(OCc2c(SC(F)F)cccc2C(=O)NO)n1. The Kier molecular flexibility index (Phi) is 5.34. The van der Waals surface area contributed by atoms with Gasteiger partial charge in [-0.05, 0) is 12.1 Å². The molecule has 118 valence electrons. The molecule has 0 bridgehead atoms. The predicted octanol–water partition coefficient (Wildman–Crippen LogP) is 2.43. The number of nitrogens with one attached hydrogen (secondary N) is 1. The summed E-state index contributed by atoms with van der Waals surface area (Å²) in [5.74, 6) is -3.13. The van der Waals surface area contributed by atoms with Crippen molar-refractivity contribution in [3.8, 4) is 5.88 Å². The van der Waals surface area contributed by atoms with Gasteiger partial charge in [-0.1, -0.05) is 17.8 Å². The fraction of sp³-hybridized carbons (Fsp3) is 0.231. The van der Waals surface area contributed by atoms with Crippen molar-refractivity contribution in [1.29, 1.82) is 0 Å². The minimum Gasteiger partial charge on any atom is -0.472 e. The van der Waals surface area contributed by atoms with E-state index >= 15 is 0 Å². The molecule has 1 aromatic heterocycles. The van der Waals surface area contributed by atoms with Gasteiger partial charge in [0.05, 0.1) is 0 Å². The summed E-state index contributed by atoms with van der Waals surface area (Å²) in [6.07, 6.45) is 1.66.